The van der Waals surface area contributed by atoms with Gasteiger partial charge in [-0.1, -0.05) is 0 Å². The first kappa shape index (κ1) is 11.6. The van der Waals surface area contributed by atoms with Crippen molar-refractivity contribution in [3.8, 4) is 0 Å². The van der Waals surface area contributed by atoms with Crippen molar-refractivity contribution in [3.05, 3.63) is 33.1 Å². The van der Waals surface area contributed by atoms with Crippen LogP contribution in [-0.2, 0) is 6.54 Å². The predicted octanol–water partition coefficient (Wildman–Crippen LogP) is -2.75. The molecule has 1 aromatic heterocycles. The van der Waals surface area contributed by atoms with Crippen molar-refractivity contribution < 1.29 is 15.3 Å². The minimum atomic E-state index is -1.32. The van der Waals surface area contributed by atoms with Crippen molar-refractivity contribution in [3.63, 3.8) is 0 Å². The molecule has 0 bridgehead atoms. The van der Waals surface area contributed by atoms with Gasteiger partial charge >= 0.3 is 5.69 Å². The topological polar surface area (TPSA) is 116 Å². The second kappa shape index (κ2) is 4.87. The van der Waals surface area contributed by atoms with Gasteiger partial charge in [0, 0.05) is 12.3 Å². The molecule has 15 heavy (non-hydrogen) atoms. The van der Waals surface area contributed by atoms with Crippen LogP contribution in [0.5, 0.6) is 0 Å². The van der Waals surface area contributed by atoms with E-state index in [9.17, 15) is 14.7 Å². The van der Waals surface area contributed by atoms with Gasteiger partial charge in [0.15, 0.2) is 0 Å². The summed E-state index contributed by atoms with van der Waals surface area (Å²) in [5.74, 6) is 0. The van der Waals surface area contributed by atoms with Gasteiger partial charge in [-0.3, -0.25) is 14.3 Å². The normalized spacial score (nSPS) is 14.9. The van der Waals surface area contributed by atoms with Gasteiger partial charge < -0.3 is 15.3 Å². The summed E-state index contributed by atoms with van der Waals surface area (Å²) in [5, 5.41) is 26.9. The van der Waals surface area contributed by atoms with E-state index in [-0.39, 0.29) is 6.54 Å². The van der Waals surface area contributed by atoms with E-state index in [1.165, 1.54) is 6.20 Å². The maximum absolute atomic E-state index is 11.1. The quantitative estimate of drug-likeness (QED) is 0.435. The zero-order chi connectivity index (χ0) is 11.4. The molecule has 7 nitrogen and oxygen atoms in total. The maximum Gasteiger partial charge on any atom is 0.328 e. The third-order valence-corrected chi connectivity index (χ3v) is 1.91. The number of aliphatic hydroxyl groups excluding tert-OH is 3. The van der Waals surface area contributed by atoms with E-state index in [2.05, 4.69) is 0 Å². The third kappa shape index (κ3) is 3.01. The number of nitrogens with one attached hydrogen (secondary N) is 1. The van der Waals surface area contributed by atoms with Gasteiger partial charge in [-0.25, -0.2) is 4.79 Å². The summed E-state index contributed by atoms with van der Waals surface area (Å²) in [5.41, 5.74) is -1.21. The molecule has 0 aromatic carbocycles. The molecular formula is C8H12N2O5. The molecule has 1 rings (SSSR count). The lowest BCUT2D eigenvalue weighted by Gasteiger charge is -2.16. The number of nitrogens with zero attached hydrogens (tertiary/aromatic N) is 1. The van der Waals surface area contributed by atoms with Crippen molar-refractivity contribution in [1.29, 1.82) is 0 Å². The predicted molar refractivity (Wildman–Crippen MR) is 50.4 cm³/mol. The van der Waals surface area contributed by atoms with E-state index in [0.717, 1.165) is 10.6 Å². The molecule has 0 saturated heterocycles. The van der Waals surface area contributed by atoms with Gasteiger partial charge in [0.2, 0.25) is 0 Å². The van der Waals surface area contributed by atoms with Gasteiger partial charge in [-0.2, -0.15) is 0 Å². The van der Waals surface area contributed by atoms with Crippen LogP contribution in [0.1, 0.15) is 0 Å². The highest BCUT2D eigenvalue weighted by atomic mass is 16.4. The molecule has 0 radical (unpaired) electrons. The molecule has 0 aliphatic carbocycles. The Hall–Kier alpha value is -1.44. The lowest BCUT2D eigenvalue weighted by Crippen LogP contribution is -2.38. The molecule has 0 aliphatic rings. The van der Waals surface area contributed by atoms with Crippen LogP contribution in [0.25, 0.3) is 0 Å². The average Bonchev–Trinajstić information content (AvgIpc) is 2.20. The number of H-pyrrole nitrogens is 1. The monoisotopic (exact) mass is 216 g/mol. The summed E-state index contributed by atoms with van der Waals surface area (Å²) in [4.78, 5) is 23.8. The van der Waals surface area contributed by atoms with Crippen LogP contribution in [0, 0.1) is 0 Å². The van der Waals surface area contributed by atoms with Crippen molar-refractivity contribution >= 4 is 0 Å². The Balaban J connectivity index is 2.81. The lowest BCUT2D eigenvalue weighted by atomic mass is 10.2. The zero-order valence-corrected chi connectivity index (χ0v) is 7.83. The summed E-state index contributed by atoms with van der Waals surface area (Å²) < 4.78 is 1.03. The van der Waals surface area contributed by atoms with Crippen LogP contribution in [0.2, 0.25) is 0 Å². The Kier molecular flexibility index (Phi) is 3.78. The fourth-order valence-corrected chi connectivity index (χ4v) is 1.03. The van der Waals surface area contributed by atoms with E-state index >= 15 is 0 Å². The number of aliphatic hydroxyl groups is 3. The molecule has 4 N–H and O–H groups in total. The highest BCUT2D eigenvalue weighted by Crippen LogP contribution is 1.94. The van der Waals surface area contributed by atoms with E-state index in [4.69, 9.17) is 10.2 Å². The molecule has 0 aliphatic heterocycles. The Labute approximate surface area is 84.2 Å². The molecule has 0 fully saturated rings. The number of aromatic amines is 1. The lowest BCUT2D eigenvalue weighted by molar-refractivity contribution is -0.0221. The van der Waals surface area contributed by atoms with Crippen LogP contribution in [-0.4, -0.2) is 43.7 Å². The summed E-state index contributed by atoms with van der Waals surface area (Å²) >= 11 is 0. The number of hydrogen-bond donors (Lipinski definition) is 4. The van der Waals surface area contributed by atoms with Gasteiger partial charge in [0.05, 0.1) is 13.2 Å². The first-order valence-corrected chi connectivity index (χ1v) is 4.31. The Morgan fingerprint density at radius 1 is 1.33 bits per heavy atom. The smallest absolute Gasteiger partial charge is 0.328 e. The molecule has 1 aromatic rings. The van der Waals surface area contributed by atoms with Gasteiger partial charge in [0.1, 0.15) is 12.2 Å². The summed E-state index contributed by atoms with van der Waals surface area (Å²) in [6, 6.07) is 1.12. The fraction of sp³-hybridized carbons (Fsp3) is 0.500. The maximum atomic E-state index is 11.1. The summed E-state index contributed by atoms with van der Waals surface area (Å²) in [6.07, 6.45) is -1.38. The van der Waals surface area contributed by atoms with Gasteiger partial charge in [0.25, 0.3) is 5.56 Å². The van der Waals surface area contributed by atoms with Crippen LogP contribution in [0.3, 0.4) is 0 Å². The van der Waals surface area contributed by atoms with E-state index in [1.807, 2.05) is 4.98 Å². The molecule has 0 amide bonds. The standard InChI is InChI=1S/C8H12N2O5/c11-4-6(13)5(12)3-10-2-1-7(14)9-8(10)15/h1-2,5-6,11-13H,3-4H2,(H,9,14,15)/t5-,6+/m0/s1. The molecule has 0 saturated carbocycles. The van der Waals surface area contributed by atoms with Crippen LogP contribution in [0.15, 0.2) is 21.9 Å². The first-order valence-electron chi connectivity index (χ1n) is 4.31. The van der Waals surface area contributed by atoms with Crippen molar-refractivity contribution in [1.82, 2.24) is 9.55 Å². The van der Waals surface area contributed by atoms with E-state index in [0.29, 0.717) is 0 Å². The molecule has 0 unspecified atom stereocenters. The van der Waals surface area contributed by atoms with Crippen LogP contribution < -0.4 is 11.2 Å². The molecule has 2 atom stereocenters. The molecule has 1 heterocycles. The van der Waals surface area contributed by atoms with Crippen molar-refractivity contribution in [2.75, 3.05) is 6.61 Å². The minimum Gasteiger partial charge on any atom is -0.394 e. The largest absolute Gasteiger partial charge is 0.394 e. The summed E-state index contributed by atoms with van der Waals surface area (Å²) in [6.45, 7) is -0.795. The Bertz CT molecular complexity index is 424. The number of hydrogen-bond acceptors (Lipinski definition) is 5. The molecule has 7 heteroatoms. The van der Waals surface area contributed by atoms with E-state index in [1.54, 1.807) is 0 Å². The van der Waals surface area contributed by atoms with Crippen molar-refractivity contribution in [2.24, 2.45) is 0 Å². The molecule has 84 valence electrons. The third-order valence-electron chi connectivity index (χ3n) is 1.91. The second-order valence-electron chi connectivity index (χ2n) is 3.08. The van der Waals surface area contributed by atoms with Crippen LogP contribution in [0.4, 0.5) is 0 Å². The van der Waals surface area contributed by atoms with Crippen LogP contribution >= 0.6 is 0 Å². The summed E-state index contributed by atoms with van der Waals surface area (Å²) in [7, 11) is 0. The number of rotatable bonds is 4. The minimum absolute atomic E-state index is 0.197. The SMILES string of the molecule is O=c1ccn(C[C@H](O)[C@H](O)CO)c(=O)[nH]1. The van der Waals surface area contributed by atoms with Crippen molar-refractivity contribution in [2.45, 2.75) is 18.8 Å². The highest BCUT2D eigenvalue weighted by molar-refractivity contribution is 4.83. The second-order valence-corrected chi connectivity index (χ2v) is 3.08. The fourth-order valence-electron chi connectivity index (χ4n) is 1.03. The van der Waals surface area contributed by atoms with Gasteiger partial charge in [-0.15, -0.1) is 0 Å². The van der Waals surface area contributed by atoms with E-state index < -0.39 is 30.1 Å². The number of aromatic nitrogens is 2. The zero-order valence-electron chi connectivity index (χ0n) is 7.83. The first-order chi connectivity index (χ1) is 7.04. The average molecular weight is 216 g/mol. The molecule has 0 spiro atoms. The van der Waals surface area contributed by atoms with Gasteiger partial charge in [-0.05, 0) is 0 Å². The Morgan fingerprint density at radius 3 is 2.53 bits per heavy atom. The molecular weight excluding hydrogens is 204 g/mol. The Morgan fingerprint density at radius 2 is 2.00 bits per heavy atom. The highest BCUT2D eigenvalue weighted by Gasteiger charge is 2.15.